The SMILES string of the molecule is CN(C)c1cc(C(=O)C(C)(C)C)cc(-c2cccc(C(=O)O)c2)n1. The number of rotatable bonds is 4. The lowest BCUT2D eigenvalue weighted by Crippen LogP contribution is -2.21. The van der Waals surface area contributed by atoms with Crippen LogP contribution in [0.25, 0.3) is 11.3 Å². The highest BCUT2D eigenvalue weighted by atomic mass is 16.4. The van der Waals surface area contributed by atoms with Crippen LogP contribution >= 0.6 is 0 Å². The molecule has 0 unspecified atom stereocenters. The van der Waals surface area contributed by atoms with Gasteiger partial charge in [-0.05, 0) is 24.3 Å². The summed E-state index contributed by atoms with van der Waals surface area (Å²) in [4.78, 5) is 30.2. The van der Waals surface area contributed by atoms with Gasteiger partial charge in [-0.2, -0.15) is 0 Å². The van der Waals surface area contributed by atoms with Crippen LogP contribution in [0.15, 0.2) is 36.4 Å². The number of aromatic carboxylic acids is 1. The van der Waals surface area contributed by atoms with Gasteiger partial charge in [0.05, 0.1) is 11.3 Å². The number of anilines is 1. The predicted molar refractivity (Wildman–Crippen MR) is 94.7 cm³/mol. The van der Waals surface area contributed by atoms with Crippen LogP contribution < -0.4 is 4.90 Å². The molecule has 0 aliphatic carbocycles. The molecule has 1 aromatic heterocycles. The zero-order chi connectivity index (χ0) is 18.1. The van der Waals surface area contributed by atoms with Crippen molar-refractivity contribution < 1.29 is 14.7 Å². The Morgan fingerprint density at radius 3 is 2.25 bits per heavy atom. The van der Waals surface area contributed by atoms with Crippen molar-refractivity contribution in [3.8, 4) is 11.3 Å². The second-order valence-corrected chi connectivity index (χ2v) is 6.96. The average molecular weight is 326 g/mol. The van der Waals surface area contributed by atoms with Gasteiger partial charge in [0.25, 0.3) is 0 Å². The lowest BCUT2D eigenvalue weighted by atomic mass is 9.86. The van der Waals surface area contributed by atoms with Crippen molar-refractivity contribution >= 4 is 17.6 Å². The van der Waals surface area contributed by atoms with Gasteiger partial charge in [-0.1, -0.05) is 32.9 Å². The maximum absolute atomic E-state index is 12.7. The molecule has 0 fully saturated rings. The van der Waals surface area contributed by atoms with Crippen molar-refractivity contribution in [2.24, 2.45) is 5.41 Å². The minimum atomic E-state index is -0.994. The Morgan fingerprint density at radius 1 is 1.04 bits per heavy atom. The molecule has 1 aromatic carbocycles. The second kappa shape index (κ2) is 6.43. The Kier molecular flexibility index (Phi) is 4.73. The fourth-order valence-corrected chi connectivity index (χ4v) is 2.27. The molecule has 0 saturated carbocycles. The minimum Gasteiger partial charge on any atom is -0.478 e. The fraction of sp³-hybridized carbons (Fsp3) is 0.316. The molecule has 1 heterocycles. The first-order valence-electron chi connectivity index (χ1n) is 7.67. The summed E-state index contributed by atoms with van der Waals surface area (Å²) in [6.45, 7) is 5.61. The molecule has 0 amide bonds. The molecule has 5 heteroatoms. The summed E-state index contributed by atoms with van der Waals surface area (Å²) in [5.74, 6) is -0.323. The number of carboxylic acid groups (broad SMARTS) is 1. The number of carbonyl (C=O) groups is 2. The van der Waals surface area contributed by atoms with E-state index in [-0.39, 0.29) is 11.3 Å². The van der Waals surface area contributed by atoms with E-state index < -0.39 is 11.4 Å². The van der Waals surface area contributed by atoms with Crippen molar-refractivity contribution in [1.82, 2.24) is 4.98 Å². The number of Topliss-reactive ketones (excluding diaryl/α,β-unsaturated/α-hetero) is 1. The Morgan fingerprint density at radius 2 is 1.71 bits per heavy atom. The van der Waals surface area contributed by atoms with Crippen LogP contribution in [-0.2, 0) is 0 Å². The van der Waals surface area contributed by atoms with Crippen molar-refractivity contribution in [2.45, 2.75) is 20.8 Å². The van der Waals surface area contributed by atoms with Gasteiger partial charge in [-0.25, -0.2) is 9.78 Å². The van der Waals surface area contributed by atoms with Crippen LogP contribution in [0.5, 0.6) is 0 Å². The van der Waals surface area contributed by atoms with E-state index in [0.29, 0.717) is 22.6 Å². The van der Waals surface area contributed by atoms with Crippen LogP contribution in [0.1, 0.15) is 41.5 Å². The lowest BCUT2D eigenvalue weighted by molar-refractivity contribution is 0.0696. The number of carbonyl (C=O) groups excluding carboxylic acids is 1. The molecule has 0 spiro atoms. The topological polar surface area (TPSA) is 70.5 Å². The molecule has 1 N–H and O–H groups in total. The third-order valence-electron chi connectivity index (χ3n) is 3.62. The Labute approximate surface area is 142 Å². The summed E-state index contributed by atoms with van der Waals surface area (Å²) in [6, 6.07) is 10.0. The lowest BCUT2D eigenvalue weighted by Gasteiger charge is -2.20. The van der Waals surface area contributed by atoms with Gasteiger partial charge in [-0.15, -0.1) is 0 Å². The van der Waals surface area contributed by atoms with E-state index in [0.717, 1.165) is 0 Å². The summed E-state index contributed by atoms with van der Waals surface area (Å²) >= 11 is 0. The number of benzene rings is 1. The molecule has 0 aliphatic heterocycles. The van der Waals surface area contributed by atoms with Crippen molar-refractivity contribution in [3.63, 3.8) is 0 Å². The zero-order valence-electron chi connectivity index (χ0n) is 14.6. The van der Waals surface area contributed by atoms with Crippen LogP contribution in [0.3, 0.4) is 0 Å². The Bertz CT molecular complexity index is 789. The molecule has 0 bridgehead atoms. The van der Waals surface area contributed by atoms with Gasteiger partial charge < -0.3 is 10.0 Å². The molecular weight excluding hydrogens is 304 g/mol. The molecule has 0 radical (unpaired) electrons. The molecule has 24 heavy (non-hydrogen) atoms. The molecule has 0 saturated heterocycles. The fourth-order valence-electron chi connectivity index (χ4n) is 2.27. The second-order valence-electron chi connectivity index (χ2n) is 6.96. The van der Waals surface area contributed by atoms with E-state index in [9.17, 15) is 9.59 Å². The smallest absolute Gasteiger partial charge is 0.335 e. The number of nitrogens with zero attached hydrogens (tertiary/aromatic N) is 2. The molecule has 2 aromatic rings. The standard InChI is InChI=1S/C19H22N2O3/c1-19(2,3)17(22)14-10-15(20-16(11-14)21(4)5)12-7-6-8-13(9-12)18(23)24/h6-11H,1-5H3,(H,23,24). The van der Waals surface area contributed by atoms with Crippen molar-refractivity contribution in [1.29, 1.82) is 0 Å². The number of hydrogen-bond acceptors (Lipinski definition) is 4. The minimum absolute atomic E-state index is 0.0173. The summed E-state index contributed by atoms with van der Waals surface area (Å²) in [7, 11) is 3.70. The molecule has 126 valence electrons. The molecule has 2 rings (SSSR count). The zero-order valence-corrected chi connectivity index (χ0v) is 14.6. The third kappa shape index (κ3) is 3.79. The van der Waals surface area contributed by atoms with E-state index in [4.69, 9.17) is 5.11 Å². The largest absolute Gasteiger partial charge is 0.478 e. The third-order valence-corrected chi connectivity index (χ3v) is 3.62. The van der Waals surface area contributed by atoms with Crippen LogP contribution in [0, 0.1) is 5.41 Å². The first kappa shape index (κ1) is 17.7. The van der Waals surface area contributed by atoms with Gasteiger partial charge in [0.15, 0.2) is 5.78 Å². The average Bonchev–Trinajstić information content (AvgIpc) is 2.52. The van der Waals surface area contributed by atoms with Gasteiger partial charge in [0, 0.05) is 30.6 Å². The van der Waals surface area contributed by atoms with Gasteiger partial charge in [-0.3, -0.25) is 4.79 Å². The van der Waals surface area contributed by atoms with Crippen LogP contribution in [0.2, 0.25) is 0 Å². The molecular formula is C19H22N2O3. The molecule has 0 aliphatic rings. The highest BCUT2D eigenvalue weighted by Crippen LogP contribution is 2.27. The van der Waals surface area contributed by atoms with Gasteiger partial charge in [0.2, 0.25) is 0 Å². The molecule has 0 atom stereocenters. The van der Waals surface area contributed by atoms with E-state index in [2.05, 4.69) is 4.98 Å². The summed E-state index contributed by atoms with van der Waals surface area (Å²) < 4.78 is 0. The molecule has 5 nitrogen and oxygen atoms in total. The van der Waals surface area contributed by atoms with Crippen molar-refractivity contribution in [2.75, 3.05) is 19.0 Å². The van der Waals surface area contributed by atoms with Crippen LogP contribution in [-0.4, -0.2) is 35.9 Å². The van der Waals surface area contributed by atoms with E-state index >= 15 is 0 Å². The first-order valence-corrected chi connectivity index (χ1v) is 7.67. The normalized spacial score (nSPS) is 11.2. The maximum Gasteiger partial charge on any atom is 0.335 e. The monoisotopic (exact) mass is 326 g/mol. The van der Waals surface area contributed by atoms with E-state index in [1.165, 1.54) is 6.07 Å². The highest BCUT2D eigenvalue weighted by molar-refractivity contribution is 6.01. The predicted octanol–water partition coefficient (Wildman–Crippen LogP) is 3.74. The number of aromatic nitrogens is 1. The van der Waals surface area contributed by atoms with Crippen molar-refractivity contribution in [3.05, 3.63) is 47.5 Å². The summed E-state index contributed by atoms with van der Waals surface area (Å²) in [6.07, 6.45) is 0. The number of carboxylic acids is 1. The van der Waals surface area contributed by atoms with Gasteiger partial charge in [0.1, 0.15) is 5.82 Å². The van der Waals surface area contributed by atoms with E-state index in [1.54, 1.807) is 30.3 Å². The Hall–Kier alpha value is -2.69. The summed E-state index contributed by atoms with van der Waals surface area (Å²) in [5, 5.41) is 9.17. The first-order chi connectivity index (χ1) is 11.1. The van der Waals surface area contributed by atoms with E-state index in [1.807, 2.05) is 39.8 Å². The number of ketones is 1. The Balaban J connectivity index is 2.62. The quantitative estimate of drug-likeness (QED) is 0.867. The number of hydrogen-bond donors (Lipinski definition) is 1. The van der Waals surface area contributed by atoms with Gasteiger partial charge >= 0.3 is 5.97 Å². The van der Waals surface area contributed by atoms with Crippen LogP contribution in [0.4, 0.5) is 5.82 Å². The highest BCUT2D eigenvalue weighted by Gasteiger charge is 2.24. The maximum atomic E-state index is 12.7. The summed E-state index contributed by atoms with van der Waals surface area (Å²) in [5.41, 5.74) is 1.49. The number of pyridine rings is 1.